The van der Waals surface area contributed by atoms with Crippen molar-refractivity contribution < 1.29 is 9.47 Å². The molecule has 0 aliphatic carbocycles. The summed E-state index contributed by atoms with van der Waals surface area (Å²) in [5, 5.41) is 7.85. The van der Waals surface area contributed by atoms with E-state index in [1.165, 1.54) is 0 Å². The van der Waals surface area contributed by atoms with Gasteiger partial charge < -0.3 is 9.47 Å². The van der Waals surface area contributed by atoms with Crippen molar-refractivity contribution in [3.05, 3.63) is 23.8 Å². The van der Waals surface area contributed by atoms with Gasteiger partial charge >= 0.3 is 0 Å². The van der Waals surface area contributed by atoms with Crippen LogP contribution in [-0.2, 0) is 0 Å². The molecule has 3 nitrogen and oxygen atoms in total. The lowest BCUT2D eigenvalue weighted by Crippen LogP contribution is -2.09. The molecule has 0 spiro atoms. The molecule has 80 valence electrons. The zero-order valence-electron chi connectivity index (χ0n) is 8.66. The van der Waals surface area contributed by atoms with Gasteiger partial charge in [-0.15, -0.1) is 11.6 Å². The molecule has 0 N–H and O–H groups in total. The van der Waals surface area contributed by atoms with Crippen LogP contribution in [0.5, 0.6) is 11.5 Å². The van der Waals surface area contributed by atoms with E-state index in [9.17, 15) is 0 Å². The third-order valence-electron chi connectivity index (χ3n) is 1.84. The molecule has 1 aromatic carbocycles. The molecule has 1 unspecified atom stereocenters. The fraction of sp³-hybridized carbons (Fsp3) is 0.364. The van der Waals surface area contributed by atoms with Crippen molar-refractivity contribution in [3.8, 4) is 17.6 Å². The van der Waals surface area contributed by atoms with Crippen molar-refractivity contribution in [2.75, 3.05) is 13.7 Å². The first kappa shape index (κ1) is 11.7. The van der Waals surface area contributed by atoms with E-state index < -0.39 is 5.38 Å². The SMILES string of the molecule is COc1cc(C)ccc1OCC(Cl)C#N. The van der Waals surface area contributed by atoms with Gasteiger partial charge in [-0.25, -0.2) is 0 Å². The second-order valence-corrected chi connectivity index (χ2v) is 3.59. The predicted octanol–water partition coefficient (Wildman–Crippen LogP) is 2.51. The van der Waals surface area contributed by atoms with Crippen molar-refractivity contribution in [2.45, 2.75) is 12.3 Å². The van der Waals surface area contributed by atoms with E-state index in [1.807, 2.05) is 25.1 Å². The molecule has 0 saturated carbocycles. The lowest BCUT2D eigenvalue weighted by Gasteiger charge is -2.11. The first-order chi connectivity index (χ1) is 7.17. The Bertz CT molecular complexity index is 373. The minimum absolute atomic E-state index is 0.150. The number of ether oxygens (including phenoxy) is 2. The van der Waals surface area contributed by atoms with Crippen LogP contribution in [0.4, 0.5) is 0 Å². The van der Waals surface area contributed by atoms with E-state index in [0.29, 0.717) is 11.5 Å². The van der Waals surface area contributed by atoms with Gasteiger partial charge in [-0.1, -0.05) is 6.07 Å². The van der Waals surface area contributed by atoms with Crippen LogP contribution in [0.2, 0.25) is 0 Å². The lowest BCUT2D eigenvalue weighted by atomic mass is 10.2. The standard InChI is InChI=1S/C11H12ClNO2/c1-8-3-4-10(11(5-8)14-2)15-7-9(12)6-13/h3-5,9H,7H2,1-2H3. The van der Waals surface area contributed by atoms with Gasteiger partial charge in [0.15, 0.2) is 16.9 Å². The molecular weight excluding hydrogens is 214 g/mol. The van der Waals surface area contributed by atoms with Crippen LogP contribution >= 0.6 is 11.6 Å². The molecule has 1 atom stereocenters. The van der Waals surface area contributed by atoms with Gasteiger partial charge in [0.2, 0.25) is 0 Å². The Morgan fingerprint density at radius 3 is 2.80 bits per heavy atom. The number of methoxy groups -OCH3 is 1. The van der Waals surface area contributed by atoms with Gasteiger partial charge in [0.05, 0.1) is 13.2 Å². The van der Waals surface area contributed by atoms with Crippen LogP contribution in [0.25, 0.3) is 0 Å². The lowest BCUT2D eigenvalue weighted by molar-refractivity contribution is 0.303. The highest BCUT2D eigenvalue weighted by Crippen LogP contribution is 2.27. The van der Waals surface area contributed by atoms with E-state index in [-0.39, 0.29) is 6.61 Å². The Kier molecular flexibility index (Phi) is 4.26. The van der Waals surface area contributed by atoms with Gasteiger partial charge in [0.1, 0.15) is 6.61 Å². The first-order valence-electron chi connectivity index (χ1n) is 4.48. The Labute approximate surface area is 94.2 Å². The summed E-state index contributed by atoms with van der Waals surface area (Å²) in [5.74, 6) is 1.25. The molecule has 0 amide bonds. The summed E-state index contributed by atoms with van der Waals surface area (Å²) in [6.07, 6.45) is 0. The molecule has 0 aliphatic heterocycles. The van der Waals surface area contributed by atoms with Crippen LogP contribution in [0, 0.1) is 18.3 Å². The second-order valence-electron chi connectivity index (χ2n) is 3.06. The van der Waals surface area contributed by atoms with E-state index in [2.05, 4.69) is 0 Å². The van der Waals surface area contributed by atoms with Crippen LogP contribution in [0.15, 0.2) is 18.2 Å². The molecule has 0 heterocycles. The smallest absolute Gasteiger partial charge is 0.161 e. The highest BCUT2D eigenvalue weighted by molar-refractivity contribution is 6.22. The average molecular weight is 226 g/mol. The molecule has 0 fully saturated rings. The zero-order chi connectivity index (χ0) is 11.3. The maximum atomic E-state index is 8.49. The highest BCUT2D eigenvalue weighted by Gasteiger charge is 2.07. The number of hydrogen-bond donors (Lipinski definition) is 0. The average Bonchev–Trinajstić information content (AvgIpc) is 2.26. The summed E-state index contributed by atoms with van der Waals surface area (Å²) in [6, 6.07) is 7.46. The molecule has 4 heteroatoms. The number of rotatable bonds is 4. The van der Waals surface area contributed by atoms with Crippen molar-refractivity contribution in [1.29, 1.82) is 5.26 Å². The summed E-state index contributed by atoms with van der Waals surface area (Å²) < 4.78 is 10.5. The molecule has 0 aliphatic rings. The minimum atomic E-state index is -0.643. The number of halogens is 1. The molecule has 0 aromatic heterocycles. The topological polar surface area (TPSA) is 42.2 Å². The number of nitriles is 1. The van der Waals surface area contributed by atoms with Crippen molar-refractivity contribution >= 4 is 11.6 Å². The Hall–Kier alpha value is -1.40. The van der Waals surface area contributed by atoms with Crippen LogP contribution in [0.3, 0.4) is 0 Å². The predicted molar refractivity (Wildman–Crippen MR) is 58.5 cm³/mol. The quantitative estimate of drug-likeness (QED) is 0.740. The summed E-state index contributed by atoms with van der Waals surface area (Å²) in [6.45, 7) is 2.11. The normalized spacial score (nSPS) is 11.6. The maximum absolute atomic E-state index is 8.49. The van der Waals surface area contributed by atoms with E-state index in [1.54, 1.807) is 13.2 Å². The van der Waals surface area contributed by atoms with Crippen LogP contribution in [0.1, 0.15) is 5.56 Å². The van der Waals surface area contributed by atoms with Gasteiger partial charge in [-0.3, -0.25) is 0 Å². The van der Waals surface area contributed by atoms with Gasteiger partial charge in [-0.2, -0.15) is 5.26 Å². The summed E-state index contributed by atoms with van der Waals surface area (Å²) in [5.41, 5.74) is 1.09. The summed E-state index contributed by atoms with van der Waals surface area (Å²) in [4.78, 5) is 0. The van der Waals surface area contributed by atoms with Gasteiger partial charge in [0, 0.05) is 0 Å². The molecule has 15 heavy (non-hydrogen) atoms. The molecule has 0 saturated heterocycles. The monoisotopic (exact) mass is 225 g/mol. The zero-order valence-corrected chi connectivity index (χ0v) is 9.41. The summed E-state index contributed by atoms with van der Waals surface area (Å²) >= 11 is 5.62. The van der Waals surface area contributed by atoms with Gasteiger partial charge in [0.25, 0.3) is 0 Å². The molecular formula is C11H12ClNO2. The van der Waals surface area contributed by atoms with Gasteiger partial charge in [-0.05, 0) is 24.6 Å². The highest BCUT2D eigenvalue weighted by atomic mass is 35.5. The number of benzene rings is 1. The maximum Gasteiger partial charge on any atom is 0.161 e. The Balaban J connectivity index is 2.73. The third-order valence-corrected chi connectivity index (χ3v) is 2.07. The number of hydrogen-bond acceptors (Lipinski definition) is 3. The largest absolute Gasteiger partial charge is 0.493 e. The second kappa shape index (κ2) is 5.47. The minimum Gasteiger partial charge on any atom is -0.493 e. The van der Waals surface area contributed by atoms with E-state index in [4.69, 9.17) is 26.3 Å². The first-order valence-corrected chi connectivity index (χ1v) is 4.92. The van der Waals surface area contributed by atoms with Crippen molar-refractivity contribution in [2.24, 2.45) is 0 Å². The molecule has 0 radical (unpaired) electrons. The third kappa shape index (κ3) is 3.34. The van der Waals surface area contributed by atoms with Crippen molar-refractivity contribution in [1.82, 2.24) is 0 Å². The molecule has 0 bridgehead atoms. The fourth-order valence-corrected chi connectivity index (χ4v) is 1.16. The fourth-order valence-electron chi connectivity index (χ4n) is 1.09. The molecule has 1 aromatic rings. The number of nitrogens with zero attached hydrogens (tertiary/aromatic N) is 1. The van der Waals surface area contributed by atoms with Crippen molar-refractivity contribution in [3.63, 3.8) is 0 Å². The Morgan fingerprint density at radius 2 is 2.20 bits per heavy atom. The van der Waals surface area contributed by atoms with E-state index >= 15 is 0 Å². The van der Waals surface area contributed by atoms with Crippen LogP contribution in [-0.4, -0.2) is 19.1 Å². The summed E-state index contributed by atoms with van der Waals surface area (Å²) in [7, 11) is 1.57. The van der Waals surface area contributed by atoms with Crippen LogP contribution < -0.4 is 9.47 Å². The Morgan fingerprint density at radius 1 is 1.47 bits per heavy atom. The number of alkyl halides is 1. The van der Waals surface area contributed by atoms with E-state index in [0.717, 1.165) is 5.56 Å². The number of aryl methyl sites for hydroxylation is 1. The molecule has 1 rings (SSSR count).